The average molecular weight is 140 g/mol. The normalized spacial score (nSPS) is 40.8. The first kappa shape index (κ1) is 6.66. The third-order valence-electron chi connectivity index (χ3n) is 3.03. The molecule has 58 valence electrons. The highest BCUT2D eigenvalue weighted by Crippen LogP contribution is 2.34. The van der Waals surface area contributed by atoms with Crippen LogP contribution in [-0.4, -0.2) is 13.2 Å². The highest BCUT2D eigenvalue weighted by Gasteiger charge is 2.27. The first-order valence-corrected chi connectivity index (χ1v) is 4.54. The van der Waals surface area contributed by atoms with Gasteiger partial charge >= 0.3 is 0 Å². The van der Waals surface area contributed by atoms with E-state index in [1.165, 1.54) is 32.1 Å². The fraction of sp³-hybridized carbons (Fsp3) is 1.00. The largest absolute Gasteiger partial charge is 0.381 e. The van der Waals surface area contributed by atoms with Gasteiger partial charge in [0.15, 0.2) is 0 Å². The van der Waals surface area contributed by atoms with Gasteiger partial charge < -0.3 is 4.74 Å². The molecule has 1 nitrogen and oxygen atoms in total. The molecule has 0 aromatic heterocycles. The molecule has 1 saturated carbocycles. The highest BCUT2D eigenvalue weighted by molar-refractivity contribution is 4.77. The van der Waals surface area contributed by atoms with E-state index in [-0.39, 0.29) is 0 Å². The predicted molar refractivity (Wildman–Crippen MR) is 40.9 cm³/mol. The average Bonchev–Trinajstić information content (AvgIpc) is 2.05. The van der Waals surface area contributed by atoms with Crippen LogP contribution in [0.3, 0.4) is 0 Å². The van der Waals surface area contributed by atoms with Gasteiger partial charge in [-0.1, -0.05) is 19.3 Å². The van der Waals surface area contributed by atoms with E-state index in [0.29, 0.717) is 0 Å². The van der Waals surface area contributed by atoms with Crippen molar-refractivity contribution < 1.29 is 4.74 Å². The molecule has 2 rings (SSSR count). The zero-order chi connectivity index (χ0) is 6.81. The van der Waals surface area contributed by atoms with Gasteiger partial charge in [0.05, 0.1) is 0 Å². The SMILES string of the molecule is C1CC[C@@H]2COCC[C@@H]2C1. The van der Waals surface area contributed by atoms with Crippen molar-refractivity contribution in [2.45, 2.75) is 32.1 Å². The van der Waals surface area contributed by atoms with E-state index in [1.54, 1.807) is 0 Å². The molecular formula is C9H16O. The summed E-state index contributed by atoms with van der Waals surface area (Å²) >= 11 is 0. The van der Waals surface area contributed by atoms with Crippen molar-refractivity contribution in [3.8, 4) is 0 Å². The van der Waals surface area contributed by atoms with Gasteiger partial charge in [-0.05, 0) is 24.7 Å². The Morgan fingerprint density at radius 3 is 2.50 bits per heavy atom. The first-order valence-electron chi connectivity index (χ1n) is 4.54. The monoisotopic (exact) mass is 140 g/mol. The lowest BCUT2D eigenvalue weighted by atomic mass is 9.77. The van der Waals surface area contributed by atoms with Crippen molar-refractivity contribution >= 4 is 0 Å². The van der Waals surface area contributed by atoms with Gasteiger partial charge in [-0.2, -0.15) is 0 Å². The summed E-state index contributed by atoms with van der Waals surface area (Å²) in [5, 5.41) is 0. The van der Waals surface area contributed by atoms with Crippen LogP contribution < -0.4 is 0 Å². The van der Waals surface area contributed by atoms with E-state index >= 15 is 0 Å². The summed E-state index contributed by atoms with van der Waals surface area (Å²) in [6.07, 6.45) is 7.18. The molecule has 2 fully saturated rings. The van der Waals surface area contributed by atoms with Gasteiger partial charge in [0.25, 0.3) is 0 Å². The third-order valence-corrected chi connectivity index (χ3v) is 3.03. The minimum Gasteiger partial charge on any atom is -0.381 e. The number of fused-ring (bicyclic) bond motifs is 1. The van der Waals surface area contributed by atoms with Crippen LogP contribution in [0.2, 0.25) is 0 Å². The van der Waals surface area contributed by atoms with Crippen LogP contribution in [0.4, 0.5) is 0 Å². The Bertz CT molecular complexity index is 85.3. The molecule has 1 aliphatic carbocycles. The van der Waals surface area contributed by atoms with Crippen LogP contribution in [0.1, 0.15) is 32.1 Å². The fourth-order valence-electron chi connectivity index (χ4n) is 2.35. The fourth-order valence-corrected chi connectivity index (χ4v) is 2.35. The second-order valence-corrected chi connectivity index (χ2v) is 3.67. The number of hydrogen-bond donors (Lipinski definition) is 0. The van der Waals surface area contributed by atoms with E-state index in [9.17, 15) is 0 Å². The van der Waals surface area contributed by atoms with Crippen LogP contribution >= 0.6 is 0 Å². The van der Waals surface area contributed by atoms with E-state index < -0.39 is 0 Å². The zero-order valence-corrected chi connectivity index (χ0v) is 6.51. The summed E-state index contributed by atoms with van der Waals surface area (Å²) in [4.78, 5) is 0. The summed E-state index contributed by atoms with van der Waals surface area (Å²) in [6.45, 7) is 2.09. The third kappa shape index (κ3) is 1.20. The summed E-state index contributed by atoms with van der Waals surface area (Å²) < 4.78 is 5.44. The van der Waals surface area contributed by atoms with Gasteiger partial charge in [-0.3, -0.25) is 0 Å². The Labute approximate surface area is 62.8 Å². The minimum atomic E-state index is 0.933. The molecule has 0 N–H and O–H groups in total. The number of ether oxygens (including phenoxy) is 1. The molecule has 1 heterocycles. The zero-order valence-electron chi connectivity index (χ0n) is 6.51. The molecule has 0 aromatic carbocycles. The van der Waals surface area contributed by atoms with Crippen molar-refractivity contribution in [2.24, 2.45) is 11.8 Å². The van der Waals surface area contributed by atoms with Crippen molar-refractivity contribution in [1.29, 1.82) is 0 Å². The lowest BCUT2D eigenvalue weighted by Gasteiger charge is -2.35. The first-order chi connectivity index (χ1) is 4.97. The van der Waals surface area contributed by atoms with Gasteiger partial charge in [0.2, 0.25) is 0 Å². The lowest BCUT2D eigenvalue weighted by molar-refractivity contribution is -0.00145. The molecule has 0 amide bonds. The Kier molecular flexibility index (Phi) is 1.94. The topological polar surface area (TPSA) is 9.23 Å². The van der Waals surface area contributed by atoms with Crippen molar-refractivity contribution in [1.82, 2.24) is 0 Å². The lowest BCUT2D eigenvalue weighted by Crippen LogP contribution is -2.29. The van der Waals surface area contributed by atoms with E-state index in [1.807, 2.05) is 0 Å². The summed E-state index contributed by atoms with van der Waals surface area (Å²) in [7, 11) is 0. The van der Waals surface area contributed by atoms with E-state index in [4.69, 9.17) is 4.74 Å². The Morgan fingerprint density at radius 1 is 0.900 bits per heavy atom. The Hall–Kier alpha value is -0.0400. The predicted octanol–water partition coefficient (Wildman–Crippen LogP) is 2.21. The number of hydrogen-bond acceptors (Lipinski definition) is 1. The van der Waals surface area contributed by atoms with Gasteiger partial charge in [0, 0.05) is 13.2 Å². The van der Waals surface area contributed by atoms with Crippen LogP contribution in [0.5, 0.6) is 0 Å². The molecule has 0 radical (unpaired) electrons. The van der Waals surface area contributed by atoms with E-state index in [0.717, 1.165) is 25.0 Å². The molecule has 2 atom stereocenters. The molecule has 1 aliphatic heterocycles. The summed E-state index contributed by atoms with van der Waals surface area (Å²) in [5.41, 5.74) is 0. The minimum absolute atomic E-state index is 0.933. The maximum atomic E-state index is 5.44. The Balaban J connectivity index is 1.93. The van der Waals surface area contributed by atoms with Crippen LogP contribution in [-0.2, 0) is 4.74 Å². The van der Waals surface area contributed by atoms with Gasteiger partial charge in [0.1, 0.15) is 0 Å². The number of rotatable bonds is 0. The second-order valence-electron chi connectivity index (χ2n) is 3.67. The molecule has 1 saturated heterocycles. The molecule has 10 heavy (non-hydrogen) atoms. The van der Waals surface area contributed by atoms with Gasteiger partial charge in [-0.25, -0.2) is 0 Å². The molecule has 0 bridgehead atoms. The van der Waals surface area contributed by atoms with Crippen LogP contribution in [0.15, 0.2) is 0 Å². The van der Waals surface area contributed by atoms with Crippen molar-refractivity contribution in [3.63, 3.8) is 0 Å². The van der Waals surface area contributed by atoms with Gasteiger partial charge in [-0.15, -0.1) is 0 Å². The second kappa shape index (κ2) is 2.91. The van der Waals surface area contributed by atoms with E-state index in [2.05, 4.69) is 0 Å². The maximum absolute atomic E-state index is 5.44. The molecular weight excluding hydrogens is 124 g/mol. The Morgan fingerprint density at radius 2 is 1.70 bits per heavy atom. The molecule has 0 spiro atoms. The van der Waals surface area contributed by atoms with Crippen molar-refractivity contribution in [2.75, 3.05) is 13.2 Å². The molecule has 1 heteroatoms. The van der Waals surface area contributed by atoms with Crippen molar-refractivity contribution in [3.05, 3.63) is 0 Å². The quantitative estimate of drug-likeness (QED) is 0.501. The maximum Gasteiger partial charge on any atom is 0.0496 e. The smallest absolute Gasteiger partial charge is 0.0496 e. The van der Waals surface area contributed by atoms with Crippen LogP contribution in [0, 0.1) is 11.8 Å². The molecule has 2 aliphatic rings. The summed E-state index contributed by atoms with van der Waals surface area (Å²) in [6, 6.07) is 0. The van der Waals surface area contributed by atoms with Crippen LogP contribution in [0.25, 0.3) is 0 Å². The molecule has 0 unspecified atom stereocenters. The standard InChI is InChI=1S/C9H16O/c1-2-4-9-7-10-6-5-8(9)3-1/h8-9H,1-7H2/t8-,9+/m0/s1. The summed E-state index contributed by atoms with van der Waals surface area (Å²) in [5.74, 6) is 1.96. The molecule has 0 aromatic rings. The highest BCUT2D eigenvalue weighted by atomic mass is 16.5.